The summed E-state index contributed by atoms with van der Waals surface area (Å²) in [6.45, 7) is 15.9. The minimum absolute atomic E-state index is 0.00310. The number of benzene rings is 1. The van der Waals surface area contributed by atoms with E-state index in [-0.39, 0.29) is 17.1 Å². The van der Waals surface area contributed by atoms with Crippen LogP contribution in [0, 0.1) is 5.92 Å². The predicted octanol–water partition coefficient (Wildman–Crippen LogP) is 5.55. The van der Waals surface area contributed by atoms with Gasteiger partial charge in [0.15, 0.2) is 8.32 Å². The lowest BCUT2D eigenvalue weighted by Crippen LogP contribution is -2.56. The molecule has 0 radical (unpaired) electrons. The van der Waals surface area contributed by atoms with Gasteiger partial charge in [-0.25, -0.2) is 0 Å². The molecule has 2 bridgehead atoms. The fourth-order valence-corrected chi connectivity index (χ4v) is 6.80. The first-order valence-corrected chi connectivity index (χ1v) is 13.6. The summed E-state index contributed by atoms with van der Waals surface area (Å²) in [5.74, 6) is 0.247. The smallest absolute Gasteiger partial charge is 0.192 e. The fraction of sp³-hybridized carbons (Fsp3) is 0.667. The standard InChI is InChI=1S/C24H36O3Si/c1-16-13-14-18-20(16)21(25)24(17-11-9-8-10-12-17)15-19(23(18,5)27-24)26-28(6,7)22(2,3)4/h8-12,18-19,21,25H,13-15H2,1-7H3/t18-,19-,21+,23+,24-/m1/s1. The first-order chi connectivity index (χ1) is 12.9. The van der Waals surface area contributed by atoms with Crippen molar-refractivity contribution in [3.63, 3.8) is 0 Å². The molecule has 3 aliphatic rings. The number of ether oxygens (including phenoxy) is 1. The van der Waals surface area contributed by atoms with Gasteiger partial charge in [0, 0.05) is 12.3 Å². The van der Waals surface area contributed by atoms with Gasteiger partial charge in [-0.05, 0) is 56.0 Å². The molecule has 1 N–H and O–H groups in total. The highest BCUT2D eigenvalue weighted by Crippen LogP contribution is 2.62. The Morgan fingerprint density at radius 3 is 2.43 bits per heavy atom. The van der Waals surface area contributed by atoms with Crippen LogP contribution >= 0.6 is 0 Å². The number of fused-ring (bicyclic) bond motifs is 4. The summed E-state index contributed by atoms with van der Waals surface area (Å²) in [6, 6.07) is 10.3. The molecule has 1 aliphatic carbocycles. The van der Waals surface area contributed by atoms with Gasteiger partial charge in [-0.15, -0.1) is 0 Å². The van der Waals surface area contributed by atoms with Crippen LogP contribution in [0.4, 0.5) is 0 Å². The minimum Gasteiger partial charge on any atom is -0.411 e. The second-order valence-corrected chi connectivity index (χ2v) is 15.6. The highest BCUT2D eigenvalue weighted by molar-refractivity contribution is 6.74. The molecule has 0 saturated carbocycles. The van der Waals surface area contributed by atoms with E-state index in [9.17, 15) is 5.11 Å². The maximum atomic E-state index is 11.6. The van der Waals surface area contributed by atoms with E-state index in [1.54, 1.807) is 0 Å². The first-order valence-electron chi connectivity index (χ1n) is 10.7. The van der Waals surface area contributed by atoms with Crippen molar-refractivity contribution in [3.8, 4) is 0 Å². The van der Waals surface area contributed by atoms with Crippen LogP contribution in [0.1, 0.15) is 59.4 Å². The van der Waals surface area contributed by atoms with Crippen molar-refractivity contribution in [3.05, 3.63) is 47.0 Å². The van der Waals surface area contributed by atoms with E-state index < -0.39 is 25.6 Å². The van der Waals surface area contributed by atoms with E-state index in [2.05, 4.69) is 59.8 Å². The molecule has 2 heterocycles. The van der Waals surface area contributed by atoms with Gasteiger partial charge in [-0.2, -0.15) is 0 Å². The molecule has 0 amide bonds. The number of rotatable bonds is 3. The van der Waals surface area contributed by atoms with Crippen LogP contribution in [0.25, 0.3) is 0 Å². The third kappa shape index (κ3) is 2.72. The van der Waals surface area contributed by atoms with E-state index >= 15 is 0 Å². The molecule has 1 aromatic rings. The Kier molecular flexibility index (Phi) is 4.56. The number of aliphatic hydroxyl groups excluding tert-OH is 1. The second kappa shape index (κ2) is 6.28. The Bertz CT molecular complexity index is 794. The van der Waals surface area contributed by atoms with E-state index in [0.29, 0.717) is 6.42 Å². The van der Waals surface area contributed by atoms with Crippen LogP contribution in [-0.4, -0.2) is 31.2 Å². The zero-order valence-corrected chi connectivity index (χ0v) is 19.5. The molecular formula is C24H36O3Si. The quantitative estimate of drug-likeness (QED) is 0.534. The van der Waals surface area contributed by atoms with Crippen molar-refractivity contribution >= 4 is 8.32 Å². The van der Waals surface area contributed by atoms with Crippen LogP contribution in [-0.2, 0) is 14.8 Å². The Labute approximate surface area is 171 Å². The van der Waals surface area contributed by atoms with Gasteiger partial charge in [0.25, 0.3) is 0 Å². The van der Waals surface area contributed by atoms with Crippen molar-refractivity contribution in [2.24, 2.45) is 5.92 Å². The average molecular weight is 401 g/mol. The molecule has 3 nitrogen and oxygen atoms in total. The van der Waals surface area contributed by atoms with Crippen LogP contribution in [0.2, 0.25) is 18.1 Å². The van der Waals surface area contributed by atoms with E-state index in [4.69, 9.17) is 9.16 Å². The number of allylic oxidation sites excluding steroid dienone is 1. The Balaban J connectivity index is 1.83. The summed E-state index contributed by atoms with van der Waals surface area (Å²) in [5.41, 5.74) is 2.54. The molecule has 2 aliphatic heterocycles. The molecule has 0 unspecified atom stereocenters. The van der Waals surface area contributed by atoms with Gasteiger partial charge >= 0.3 is 0 Å². The zero-order valence-electron chi connectivity index (χ0n) is 18.5. The van der Waals surface area contributed by atoms with Gasteiger partial charge in [-0.1, -0.05) is 56.7 Å². The molecule has 2 fully saturated rings. The second-order valence-electron chi connectivity index (χ2n) is 10.8. The van der Waals surface area contributed by atoms with Crippen molar-refractivity contribution in [1.82, 2.24) is 0 Å². The van der Waals surface area contributed by atoms with Crippen molar-refractivity contribution in [2.75, 3.05) is 0 Å². The monoisotopic (exact) mass is 400 g/mol. The topological polar surface area (TPSA) is 38.7 Å². The molecule has 1 aromatic carbocycles. The summed E-state index contributed by atoms with van der Waals surface area (Å²) in [6.07, 6.45) is 2.22. The number of hydrogen-bond acceptors (Lipinski definition) is 3. The lowest BCUT2D eigenvalue weighted by Gasteiger charge is -2.49. The highest BCUT2D eigenvalue weighted by Gasteiger charge is 2.68. The van der Waals surface area contributed by atoms with Gasteiger partial charge in [0.2, 0.25) is 0 Å². The van der Waals surface area contributed by atoms with Crippen LogP contribution in [0.3, 0.4) is 0 Å². The molecule has 2 saturated heterocycles. The third-order valence-electron chi connectivity index (χ3n) is 8.14. The van der Waals surface area contributed by atoms with Crippen LogP contribution in [0.5, 0.6) is 0 Å². The molecule has 4 heteroatoms. The largest absolute Gasteiger partial charge is 0.411 e. The van der Waals surface area contributed by atoms with Gasteiger partial charge in [-0.3, -0.25) is 0 Å². The molecule has 28 heavy (non-hydrogen) atoms. The summed E-state index contributed by atoms with van der Waals surface area (Å²) in [5, 5.41) is 11.7. The predicted molar refractivity (Wildman–Crippen MR) is 116 cm³/mol. The molecule has 4 rings (SSSR count). The van der Waals surface area contributed by atoms with E-state index in [1.165, 1.54) is 11.1 Å². The SMILES string of the molecule is CC1=C2[C@@H](CC1)[C@]1(C)O[C@@](c3ccccc3)(C[C@H]1O[Si](C)(C)C(C)(C)C)[C@H]2O. The maximum Gasteiger partial charge on any atom is 0.192 e. The molecule has 5 atom stereocenters. The average Bonchev–Trinajstić information content (AvgIpc) is 3.12. The fourth-order valence-electron chi connectivity index (χ4n) is 5.42. The first kappa shape index (κ1) is 20.3. The molecule has 0 aromatic heterocycles. The number of aliphatic hydroxyl groups is 1. The van der Waals surface area contributed by atoms with Gasteiger partial charge in [0.1, 0.15) is 11.7 Å². The third-order valence-corrected chi connectivity index (χ3v) is 12.6. The van der Waals surface area contributed by atoms with Gasteiger partial charge < -0.3 is 14.3 Å². The van der Waals surface area contributed by atoms with E-state index in [0.717, 1.165) is 18.4 Å². The summed E-state index contributed by atoms with van der Waals surface area (Å²) in [7, 11) is -1.97. The summed E-state index contributed by atoms with van der Waals surface area (Å²) in [4.78, 5) is 0. The Morgan fingerprint density at radius 2 is 1.82 bits per heavy atom. The summed E-state index contributed by atoms with van der Waals surface area (Å²) >= 11 is 0. The minimum atomic E-state index is -1.97. The molecule has 0 spiro atoms. The van der Waals surface area contributed by atoms with Crippen molar-refractivity contribution < 1.29 is 14.3 Å². The van der Waals surface area contributed by atoms with Crippen molar-refractivity contribution in [1.29, 1.82) is 0 Å². The van der Waals surface area contributed by atoms with Crippen molar-refractivity contribution in [2.45, 2.75) is 95.4 Å². The van der Waals surface area contributed by atoms with E-state index in [1.807, 2.05) is 18.2 Å². The zero-order chi connectivity index (χ0) is 20.5. The molecular weight excluding hydrogens is 364 g/mol. The Morgan fingerprint density at radius 1 is 1.18 bits per heavy atom. The Hall–Kier alpha value is -0.943. The number of hydrogen-bond donors (Lipinski definition) is 1. The lowest BCUT2D eigenvalue weighted by molar-refractivity contribution is -0.200. The maximum absolute atomic E-state index is 11.6. The molecule has 154 valence electrons. The lowest BCUT2D eigenvalue weighted by atomic mass is 9.76. The van der Waals surface area contributed by atoms with Crippen LogP contribution < -0.4 is 0 Å². The van der Waals surface area contributed by atoms with Gasteiger partial charge in [0.05, 0.1) is 11.7 Å². The normalized spacial score (nSPS) is 38.1. The van der Waals surface area contributed by atoms with Crippen LogP contribution in [0.15, 0.2) is 41.5 Å². The highest BCUT2D eigenvalue weighted by atomic mass is 28.4. The summed E-state index contributed by atoms with van der Waals surface area (Å²) < 4.78 is 13.9.